The van der Waals surface area contributed by atoms with Crippen LogP contribution in [0.2, 0.25) is 0 Å². The summed E-state index contributed by atoms with van der Waals surface area (Å²) in [6, 6.07) is 18.0. The first-order valence-electron chi connectivity index (χ1n) is 11.6. The van der Waals surface area contributed by atoms with E-state index < -0.39 is 17.9 Å². The third-order valence-electron chi connectivity index (χ3n) is 6.42. The van der Waals surface area contributed by atoms with Gasteiger partial charge in [0.2, 0.25) is 0 Å². The van der Waals surface area contributed by atoms with Crippen LogP contribution >= 0.6 is 0 Å². The van der Waals surface area contributed by atoms with Crippen LogP contribution in [0.3, 0.4) is 0 Å². The molecule has 34 heavy (non-hydrogen) atoms. The molecule has 0 aromatic heterocycles. The molecule has 2 aliphatic heterocycles. The van der Waals surface area contributed by atoms with Crippen molar-refractivity contribution < 1.29 is 24.2 Å². The van der Waals surface area contributed by atoms with Crippen molar-refractivity contribution in [3.05, 3.63) is 77.4 Å². The summed E-state index contributed by atoms with van der Waals surface area (Å²) in [4.78, 5) is 41.3. The molecule has 0 spiro atoms. The molecular formula is C27H26N2O5. The van der Waals surface area contributed by atoms with Crippen molar-refractivity contribution in [3.8, 4) is 5.75 Å². The number of rotatable bonds is 6. The van der Waals surface area contributed by atoms with Crippen LogP contribution in [0.25, 0.3) is 10.8 Å². The minimum Gasteiger partial charge on any atom is -0.490 e. The summed E-state index contributed by atoms with van der Waals surface area (Å²) in [5.74, 6) is -0.552. The zero-order chi connectivity index (χ0) is 23.7. The van der Waals surface area contributed by atoms with E-state index in [9.17, 15) is 19.5 Å². The third kappa shape index (κ3) is 4.15. The molecule has 7 heteroatoms. The van der Waals surface area contributed by atoms with E-state index in [1.165, 1.54) is 0 Å². The molecular weight excluding hydrogens is 432 g/mol. The molecule has 0 saturated carbocycles. The molecule has 1 saturated heterocycles. The Balaban J connectivity index is 1.33. The molecule has 5 rings (SSSR count). The molecule has 0 bridgehead atoms. The van der Waals surface area contributed by atoms with Gasteiger partial charge >= 0.3 is 0 Å². The Morgan fingerprint density at radius 1 is 0.882 bits per heavy atom. The minimum atomic E-state index is -1.10. The lowest BCUT2D eigenvalue weighted by molar-refractivity contribution is 0.0455. The van der Waals surface area contributed by atoms with E-state index in [4.69, 9.17) is 4.74 Å². The van der Waals surface area contributed by atoms with Crippen LogP contribution in [0.1, 0.15) is 50.3 Å². The molecule has 2 aliphatic rings. The second-order valence-electron chi connectivity index (χ2n) is 8.78. The topological polar surface area (TPSA) is 87.1 Å². The second-order valence-corrected chi connectivity index (χ2v) is 8.78. The molecule has 0 aliphatic carbocycles. The largest absolute Gasteiger partial charge is 0.490 e. The van der Waals surface area contributed by atoms with Crippen LogP contribution in [0.15, 0.2) is 60.7 Å². The van der Waals surface area contributed by atoms with Crippen LogP contribution in [0.5, 0.6) is 5.75 Å². The van der Waals surface area contributed by atoms with Crippen molar-refractivity contribution in [2.75, 3.05) is 26.2 Å². The van der Waals surface area contributed by atoms with Crippen molar-refractivity contribution in [1.82, 2.24) is 9.80 Å². The van der Waals surface area contributed by atoms with E-state index in [0.717, 1.165) is 34.9 Å². The van der Waals surface area contributed by atoms with Gasteiger partial charge in [0.25, 0.3) is 17.7 Å². The first-order chi connectivity index (χ1) is 16.5. The number of fused-ring (bicyclic) bond motifs is 2. The monoisotopic (exact) mass is 458 g/mol. The highest BCUT2D eigenvalue weighted by atomic mass is 16.5. The number of piperidine rings is 1. The first-order valence-corrected chi connectivity index (χ1v) is 11.6. The van der Waals surface area contributed by atoms with Crippen molar-refractivity contribution in [2.45, 2.75) is 25.4 Å². The van der Waals surface area contributed by atoms with Gasteiger partial charge in [0, 0.05) is 13.1 Å². The molecule has 3 aromatic rings. The Morgan fingerprint density at radius 2 is 1.47 bits per heavy atom. The van der Waals surface area contributed by atoms with E-state index in [2.05, 4.69) is 0 Å². The van der Waals surface area contributed by atoms with Gasteiger partial charge in [-0.3, -0.25) is 19.3 Å². The van der Waals surface area contributed by atoms with Crippen molar-refractivity contribution >= 4 is 28.5 Å². The van der Waals surface area contributed by atoms with Gasteiger partial charge in [-0.25, -0.2) is 0 Å². The number of β-amino-alcohol motifs (C(OH)–C–C–N with tert-alkyl or cyclic N) is 1. The van der Waals surface area contributed by atoms with Gasteiger partial charge in [-0.05, 0) is 54.3 Å². The van der Waals surface area contributed by atoms with Crippen LogP contribution in [-0.4, -0.2) is 65.0 Å². The lowest BCUT2D eigenvalue weighted by Gasteiger charge is -2.28. The highest BCUT2D eigenvalue weighted by molar-refractivity contribution is 6.21. The summed E-state index contributed by atoms with van der Waals surface area (Å²) in [5, 5.41) is 12.5. The molecule has 1 fully saturated rings. The predicted octanol–water partition coefficient (Wildman–Crippen LogP) is 3.50. The SMILES string of the molecule is O=C(c1cc2ccccc2cc1OC[C@@H](O)CN1C(=O)c2ccccc2C1=O)N1CCCCC1. The summed E-state index contributed by atoms with van der Waals surface area (Å²) >= 11 is 0. The maximum Gasteiger partial charge on any atom is 0.261 e. The zero-order valence-corrected chi connectivity index (χ0v) is 18.8. The minimum absolute atomic E-state index is 0.0877. The number of ether oxygens (including phenoxy) is 1. The highest BCUT2D eigenvalue weighted by Crippen LogP contribution is 2.29. The Morgan fingerprint density at radius 3 is 2.12 bits per heavy atom. The van der Waals surface area contributed by atoms with Gasteiger partial charge < -0.3 is 14.7 Å². The number of aliphatic hydroxyl groups is 1. The van der Waals surface area contributed by atoms with Crippen LogP contribution in [0, 0.1) is 0 Å². The maximum atomic E-state index is 13.3. The average Bonchev–Trinajstić information content (AvgIpc) is 3.12. The predicted molar refractivity (Wildman–Crippen MR) is 127 cm³/mol. The van der Waals surface area contributed by atoms with E-state index in [-0.39, 0.29) is 19.1 Å². The van der Waals surface area contributed by atoms with Gasteiger partial charge in [-0.15, -0.1) is 0 Å². The molecule has 7 nitrogen and oxygen atoms in total. The Labute approximate surface area is 197 Å². The number of aliphatic hydroxyl groups excluding tert-OH is 1. The summed E-state index contributed by atoms with van der Waals surface area (Å²) in [6.45, 7) is 1.09. The standard InChI is InChI=1S/C27H26N2O5/c30-20(16-29-26(32)21-10-4-5-11-22(21)27(29)33)17-34-24-15-19-9-3-2-8-18(19)14-23(24)25(31)28-12-6-1-7-13-28/h2-5,8-11,14-15,20,30H,1,6-7,12-13,16-17H2/t20-/m0/s1. The van der Waals surface area contributed by atoms with Crippen molar-refractivity contribution in [2.24, 2.45) is 0 Å². The number of carbonyl (C=O) groups excluding carboxylic acids is 3. The number of benzene rings is 3. The van der Waals surface area contributed by atoms with E-state index >= 15 is 0 Å². The third-order valence-corrected chi connectivity index (χ3v) is 6.42. The number of hydrogen-bond donors (Lipinski definition) is 1. The Bertz CT molecular complexity index is 1230. The molecule has 3 aromatic carbocycles. The van der Waals surface area contributed by atoms with Crippen molar-refractivity contribution in [1.29, 1.82) is 0 Å². The fraction of sp³-hybridized carbons (Fsp3) is 0.296. The maximum absolute atomic E-state index is 13.3. The quantitative estimate of drug-likeness (QED) is 0.572. The van der Waals surface area contributed by atoms with E-state index in [1.54, 1.807) is 30.3 Å². The Kier molecular flexibility index (Phi) is 6.02. The fourth-order valence-electron chi connectivity index (χ4n) is 4.63. The van der Waals surface area contributed by atoms with Crippen LogP contribution in [-0.2, 0) is 0 Å². The number of imide groups is 1. The van der Waals surface area contributed by atoms with Crippen molar-refractivity contribution in [3.63, 3.8) is 0 Å². The summed E-state index contributed by atoms with van der Waals surface area (Å²) in [6.07, 6.45) is 1.98. The lowest BCUT2D eigenvalue weighted by atomic mass is 10.0. The van der Waals surface area contributed by atoms with Crippen LogP contribution in [0.4, 0.5) is 0 Å². The van der Waals surface area contributed by atoms with E-state index in [1.807, 2.05) is 35.2 Å². The Hall–Kier alpha value is -3.71. The fourth-order valence-corrected chi connectivity index (χ4v) is 4.63. The second kappa shape index (κ2) is 9.27. The van der Waals surface area contributed by atoms with E-state index in [0.29, 0.717) is 35.5 Å². The van der Waals surface area contributed by atoms with Crippen LogP contribution < -0.4 is 4.74 Å². The molecule has 0 unspecified atom stereocenters. The molecule has 3 amide bonds. The van der Waals surface area contributed by atoms with Gasteiger partial charge in [-0.2, -0.15) is 0 Å². The van der Waals surface area contributed by atoms with Gasteiger partial charge in [0.15, 0.2) is 0 Å². The molecule has 2 heterocycles. The summed E-state index contributed by atoms with van der Waals surface area (Å²) in [5.41, 5.74) is 1.13. The summed E-state index contributed by atoms with van der Waals surface area (Å²) in [7, 11) is 0. The smallest absolute Gasteiger partial charge is 0.261 e. The lowest BCUT2D eigenvalue weighted by Crippen LogP contribution is -2.39. The number of hydrogen-bond acceptors (Lipinski definition) is 5. The number of likely N-dealkylation sites (tertiary alicyclic amines) is 1. The van der Waals surface area contributed by atoms with Gasteiger partial charge in [-0.1, -0.05) is 36.4 Å². The summed E-state index contributed by atoms with van der Waals surface area (Å²) < 4.78 is 5.93. The highest BCUT2D eigenvalue weighted by Gasteiger charge is 2.36. The molecule has 1 N–H and O–H groups in total. The first kappa shape index (κ1) is 22.1. The molecule has 0 radical (unpaired) electrons. The number of nitrogens with zero attached hydrogens (tertiary/aromatic N) is 2. The van der Waals surface area contributed by atoms with Gasteiger partial charge in [0.1, 0.15) is 18.5 Å². The average molecular weight is 459 g/mol. The zero-order valence-electron chi connectivity index (χ0n) is 18.8. The number of carbonyl (C=O) groups is 3. The normalized spacial score (nSPS) is 16.6. The van der Waals surface area contributed by atoms with Gasteiger partial charge in [0.05, 0.1) is 23.2 Å². The molecule has 1 atom stereocenters. The molecule has 174 valence electrons. The number of amides is 3.